The van der Waals surface area contributed by atoms with Crippen molar-refractivity contribution in [2.75, 3.05) is 0 Å². The molecule has 1 aliphatic heterocycles. The van der Waals surface area contributed by atoms with Crippen molar-refractivity contribution in [2.24, 2.45) is 22.6 Å². The fourth-order valence-electron chi connectivity index (χ4n) is 4.21. The number of halogens is 3. The number of hydrogen-bond acceptors (Lipinski definition) is 3. The molecule has 3 nitrogen and oxygen atoms in total. The van der Waals surface area contributed by atoms with Gasteiger partial charge in [-0.25, -0.2) is 8.78 Å². The third-order valence-corrected chi connectivity index (χ3v) is 5.69. The first-order valence-electron chi connectivity index (χ1n) is 7.41. The topological polar surface area (TPSA) is 58.6 Å². The van der Waals surface area contributed by atoms with Gasteiger partial charge in [0.15, 0.2) is 0 Å². The van der Waals surface area contributed by atoms with Gasteiger partial charge in [0.1, 0.15) is 23.8 Å². The second-order valence-electron chi connectivity index (χ2n) is 6.46. The second-order valence-corrected chi connectivity index (χ2v) is 7.07. The zero-order chi connectivity index (χ0) is 14.5. The van der Waals surface area contributed by atoms with Crippen LogP contribution < -0.4 is 5.73 Å². The lowest BCUT2D eigenvalue weighted by molar-refractivity contribution is -0.0706. The fourth-order valence-corrected chi connectivity index (χ4v) is 4.52. The molecule has 3 aliphatic rings. The summed E-state index contributed by atoms with van der Waals surface area (Å²) in [6.07, 6.45) is 0.223. The Balaban J connectivity index is 1.90. The maximum atomic E-state index is 14.3. The molecular formula is C14H21ClF2N2O. The molecule has 3 N–H and O–H groups in total. The molecular weight excluding hydrogens is 286 g/mol. The van der Waals surface area contributed by atoms with E-state index in [9.17, 15) is 13.9 Å². The zero-order valence-corrected chi connectivity index (χ0v) is 12.1. The molecule has 2 fully saturated rings. The number of rotatable bonds is 1. The van der Waals surface area contributed by atoms with E-state index in [1.807, 2.05) is 0 Å². The van der Waals surface area contributed by atoms with E-state index in [0.717, 1.165) is 12.8 Å². The van der Waals surface area contributed by atoms with Gasteiger partial charge in [0.05, 0.1) is 6.04 Å². The Hall–Kier alpha value is -0.420. The first kappa shape index (κ1) is 14.5. The number of hydrogen-bond donors (Lipinski definition) is 2. The average Bonchev–Trinajstić information content (AvgIpc) is 2.66. The van der Waals surface area contributed by atoms with Gasteiger partial charge in [0.2, 0.25) is 0 Å². The molecule has 6 heteroatoms. The molecule has 0 aromatic heterocycles. The highest BCUT2D eigenvalue weighted by molar-refractivity contribution is 6.20. The van der Waals surface area contributed by atoms with Crippen LogP contribution in [0.25, 0.3) is 0 Å². The van der Waals surface area contributed by atoms with Gasteiger partial charge in [-0.15, -0.1) is 11.6 Å². The summed E-state index contributed by atoms with van der Waals surface area (Å²) < 4.78 is 28.0. The van der Waals surface area contributed by atoms with E-state index in [1.165, 1.54) is 0 Å². The summed E-state index contributed by atoms with van der Waals surface area (Å²) in [7, 11) is 0. The number of aliphatic imine (C=N–C) groups is 1. The van der Waals surface area contributed by atoms with Crippen LogP contribution in [0.3, 0.4) is 0 Å². The molecule has 0 saturated heterocycles. The molecule has 0 spiro atoms. The minimum Gasteiger partial charge on any atom is -0.385 e. The standard InChI is InChI=1S/C14H21ClF2N2O/c15-7-1-4-12-10(5-7)14(20,13(18)19-12)9-6-8(16)2-3-11(9)17/h7-12,20H,1-6H2,(H2,18,19). The van der Waals surface area contributed by atoms with Crippen molar-refractivity contribution in [3.63, 3.8) is 0 Å². The van der Waals surface area contributed by atoms with Crippen molar-refractivity contribution in [1.82, 2.24) is 0 Å². The molecule has 2 aliphatic carbocycles. The summed E-state index contributed by atoms with van der Waals surface area (Å²) in [4.78, 5) is 4.33. The Kier molecular flexibility index (Phi) is 3.70. The molecule has 0 aromatic rings. The fraction of sp³-hybridized carbons (Fsp3) is 0.929. The maximum absolute atomic E-state index is 14.3. The molecule has 3 rings (SSSR count). The summed E-state index contributed by atoms with van der Waals surface area (Å²) >= 11 is 6.19. The average molecular weight is 307 g/mol. The van der Waals surface area contributed by atoms with Gasteiger partial charge in [-0.1, -0.05) is 0 Å². The maximum Gasteiger partial charge on any atom is 0.132 e. The predicted molar refractivity (Wildman–Crippen MR) is 74.5 cm³/mol. The largest absolute Gasteiger partial charge is 0.385 e. The van der Waals surface area contributed by atoms with Crippen molar-refractivity contribution < 1.29 is 13.9 Å². The van der Waals surface area contributed by atoms with Gasteiger partial charge in [0.25, 0.3) is 0 Å². The SMILES string of the molecule is NC1=NC2CCC(Cl)CC2C1(O)C1CC(F)CCC1F. The first-order valence-corrected chi connectivity index (χ1v) is 7.85. The highest BCUT2D eigenvalue weighted by atomic mass is 35.5. The van der Waals surface area contributed by atoms with E-state index >= 15 is 0 Å². The minimum absolute atomic E-state index is 0.0179. The predicted octanol–water partition coefficient (Wildman–Crippen LogP) is 2.34. The van der Waals surface area contributed by atoms with Crippen LogP contribution in [0.1, 0.15) is 38.5 Å². The summed E-state index contributed by atoms with van der Waals surface area (Å²) in [5.74, 6) is -0.987. The van der Waals surface area contributed by atoms with Gasteiger partial charge < -0.3 is 10.8 Å². The molecule has 0 radical (unpaired) electrons. The lowest BCUT2D eigenvalue weighted by Gasteiger charge is -2.44. The Labute approximate surface area is 122 Å². The minimum atomic E-state index is -1.53. The van der Waals surface area contributed by atoms with Crippen molar-refractivity contribution in [1.29, 1.82) is 0 Å². The number of aliphatic hydroxyl groups is 1. The summed E-state index contributed by atoms with van der Waals surface area (Å²) in [6.45, 7) is 0. The van der Waals surface area contributed by atoms with Gasteiger partial charge >= 0.3 is 0 Å². The summed E-state index contributed by atoms with van der Waals surface area (Å²) in [5, 5.41) is 11.0. The Morgan fingerprint density at radius 1 is 1.15 bits per heavy atom. The van der Waals surface area contributed by atoms with Crippen LogP contribution in [-0.2, 0) is 0 Å². The number of nitrogens with zero attached hydrogens (tertiary/aromatic N) is 1. The highest BCUT2D eigenvalue weighted by Gasteiger charge is 2.58. The van der Waals surface area contributed by atoms with Crippen molar-refractivity contribution in [3.05, 3.63) is 0 Å². The summed E-state index contributed by atoms with van der Waals surface area (Å²) in [6, 6.07) is -0.0952. The number of fused-ring (bicyclic) bond motifs is 1. The van der Waals surface area contributed by atoms with E-state index < -0.39 is 23.9 Å². The van der Waals surface area contributed by atoms with E-state index in [0.29, 0.717) is 6.42 Å². The third kappa shape index (κ3) is 2.13. The van der Waals surface area contributed by atoms with Crippen LogP contribution >= 0.6 is 11.6 Å². The van der Waals surface area contributed by atoms with Crippen molar-refractivity contribution in [3.8, 4) is 0 Å². The van der Waals surface area contributed by atoms with Gasteiger partial charge in [-0.2, -0.15) is 0 Å². The van der Waals surface area contributed by atoms with Gasteiger partial charge in [0, 0.05) is 17.2 Å². The van der Waals surface area contributed by atoms with E-state index in [2.05, 4.69) is 4.99 Å². The molecule has 20 heavy (non-hydrogen) atoms. The van der Waals surface area contributed by atoms with E-state index in [1.54, 1.807) is 0 Å². The quantitative estimate of drug-likeness (QED) is 0.731. The van der Waals surface area contributed by atoms with Gasteiger partial charge in [-0.05, 0) is 38.5 Å². The monoisotopic (exact) mass is 306 g/mol. The lowest BCUT2D eigenvalue weighted by atomic mass is 9.65. The van der Waals surface area contributed by atoms with Crippen LogP contribution in [0.5, 0.6) is 0 Å². The lowest BCUT2D eigenvalue weighted by Crippen LogP contribution is -2.58. The van der Waals surface area contributed by atoms with Crippen LogP contribution in [0.2, 0.25) is 0 Å². The van der Waals surface area contributed by atoms with Crippen LogP contribution in [-0.4, -0.2) is 40.3 Å². The molecule has 7 unspecified atom stereocenters. The molecule has 2 saturated carbocycles. The number of alkyl halides is 3. The van der Waals surface area contributed by atoms with Crippen LogP contribution in [0.15, 0.2) is 4.99 Å². The zero-order valence-electron chi connectivity index (χ0n) is 11.3. The normalized spacial score (nSPS) is 52.5. The Morgan fingerprint density at radius 3 is 2.65 bits per heavy atom. The molecule has 114 valence electrons. The molecule has 0 bridgehead atoms. The molecule has 0 aromatic carbocycles. The first-order chi connectivity index (χ1) is 9.42. The molecule has 0 amide bonds. The Bertz CT molecular complexity index is 422. The number of amidine groups is 1. The van der Waals surface area contributed by atoms with E-state index in [4.69, 9.17) is 17.3 Å². The highest BCUT2D eigenvalue weighted by Crippen LogP contribution is 2.49. The second kappa shape index (κ2) is 5.09. The molecule has 1 heterocycles. The van der Waals surface area contributed by atoms with Crippen LogP contribution in [0.4, 0.5) is 8.78 Å². The summed E-state index contributed by atoms with van der Waals surface area (Å²) in [5.41, 5.74) is 4.40. The third-order valence-electron chi connectivity index (χ3n) is 5.30. The van der Waals surface area contributed by atoms with Crippen LogP contribution in [0, 0.1) is 11.8 Å². The Morgan fingerprint density at radius 2 is 1.90 bits per heavy atom. The van der Waals surface area contributed by atoms with Gasteiger partial charge in [-0.3, -0.25) is 4.99 Å². The van der Waals surface area contributed by atoms with E-state index in [-0.39, 0.29) is 42.4 Å². The smallest absolute Gasteiger partial charge is 0.132 e. The number of nitrogens with two attached hydrogens (primary N) is 1. The van der Waals surface area contributed by atoms with Crippen molar-refractivity contribution in [2.45, 2.75) is 67.9 Å². The van der Waals surface area contributed by atoms with Crippen molar-refractivity contribution >= 4 is 17.4 Å². The molecule has 7 atom stereocenters.